The Morgan fingerprint density at radius 1 is 0.971 bits per heavy atom. The first-order valence-electron chi connectivity index (χ1n) is 14.0. The van der Waals surface area contributed by atoms with E-state index in [1.807, 2.05) is 13.8 Å². The summed E-state index contributed by atoms with van der Waals surface area (Å²) < 4.78 is 11.5. The van der Waals surface area contributed by atoms with Gasteiger partial charge in [0, 0.05) is 19.3 Å². The zero-order valence-corrected chi connectivity index (χ0v) is 22.3. The van der Waals surface area contributed by atoms with Gasteiger partial charge in [0.1, 0.15) is 6.10 Å². The second kappa shape index (κ2) is 9.75. The molecule has 4 rings (SSSR count). The summed E-state index contributed by atoms with van der Waals surface area (Å²) in [5.41, 5.74) is 0.477. The van der Waals surface area contributed by atoms with Gasteiger partial charge in [-0.3, -0.25) is 9.59 Å². The molecule has 4 aliphatic carbocycles. The number of hydrogen-bond donors (Lipinski definition) is 1. The van der Waals surface area contributed by atoms with Crippen LogP contribution in [0.2, 0.25) is 0 Å². The summed E-state index contributed by atoms with van der Waals surface area (Å²) in [6.45, 7) is 12.7. The van der Waals surface area contributed by atoms with Crippen molar-refractivity contribution in [1.82, 2.24) is 0 Å². The van der Waals surface area contributed by atoms with Crippen LogP contribution in [0.5, 0.6) is 0 Å². The first-order chi connectivity index (χ1) is 16.0. The molecule has 5 nitrogen and oxygen atoms in total. The number of hydrogen-bond acceptors (Lipinski definition) is 5. The second-order valence-corrected chi connectivity index (χ2v) is 13.1. The predicted octanol–water partition coefficient (Wildman–Crippen LogP) is 5.92. The third kappa shape index (κ3) is 4.67. The van der Waals surface area contributed by atoms with E-state index in [9.17, 15) is 14.7 Å². The molecule has 0 aromatic carbocycles. The molecule has 0 aromatic heterocycles. The molecule has 0 bridgehead atoms. The third-order valence-electron chi connectivity index (χ3n) is 10.9. The summed E-state index contributed by atoms with van der Waals surface area (Å²) >= 11 is 0. The molecule has 4 saturated carbocycles. The molecule has 0 radical (unpaired) electrons. The quantitative estimate of drug-likeness (QED) is 0.482. The fraction of sp³-hybridized carbons (Fsp3) is 0.931. The van der Waals surface area contributed by atoms with Crippen molar-refractivity contribution in [2.24, 2.45) is 46.3 Å². The third-order valence-corrected chi connectivity index (χ3v) is 10.9. The summed E-state index contributed by atoms with van der Waals surface area (Å²) in [7, 11) is 0. The molecule has 10 atom stereocenters. The normalized spacial score (nSPS) is 44.5. The zero-order chi connectivity index (χ0) is 24.8. The Morgan fingerprint density at radius 3 is 2.32 bits per heavy atom. The average Bonchev–Trinajstić information content (AvgIpc) is 3.09. The van der Waals surface area contributed by atoms with Crippen molar-refractivity contribution in [1.29, 1.82) is 0 Å². The molecule has 0 aliphatic heterocycles. The number of carbonyl (C=O) groups is 2. The summed E-state index contributed by atoms with van der Waals surface area (Å²) in [4.78, 5) is 24.3. The number of aliphatic hydroxyl groups is 1. The fourth-order valence-corrected chi connectivity index (χ4v) is 9.35. The Bertz CT molecular complexity index is 764. The van der Waals surface area contributed by atoms with Gasteiger partial charge in [-0.25, -0.2) is 0 Å². The van der Waals surface area contributed by atoms with Gasteiger partial charge < -0.3 is 14.6 Å². The number of ether oxygens (including phenoxy) is 2. The van der Waals surface area contributed by atoms with Gasteiger partial charge in [-0.05, 0) is 112 Å². The number of carbonyl (C=O) groups excluding carboxylic acids is 2. The van der Waals surface area contributed by atoms with E-state index in [2.05, 4.69) is 20.8 Å². The van der Waals surface area contributed by atoms with Crippen LogP contribution in [0, 0.1) is 46.3 Å². The fourth-order valence-electron chi connectivity index (χ4n) is 9.35. The minimum Gasteiger partial charge on any atom is -0.463 e. The molecule has 0 saturated heterocycles. The largest absolute Gasteiger partial charge is 0.463 e. The van der Waals surface area contributed by atoms with E-state index < -0.39 is 0 Å². The summed E-state index contributed by atoms with van der Waals surface area (Å²) in [6, 6.07) is 0. The van der Waals surface area contributed by atoms with Gasteiger partial charge in [-0.1, -0.05) is 20.8 Å². The van der Waals surface area contributed by atoms with Gasteiger partial charge in [0.05, 0.1) is 12.2 Å². The lowest BCUT2D eigenvalue weighted by molar-refractivity contribution is -0.194. The zero-order valence-electron chi connectivity index (χ0n) is 22.3. The van der Waals surface area contributed by atoms with E-state index in [4.69, 9.17) is 9.47 Å². The van der Waals surface area contributed by atoms with E-state index in [1.54, 1.807) is 6.92 Å². The smallest absolute Gasteiger partial charge is 0.306 e. The summed E-state index contributed by atoms with van der Waals surface area (Å²) in [6.07, 6.45) is 9.68. The van der Waals surface area contributed by atoms with E-state index in [-0.39, 0.29) is 41.1 Å². The summed E-state index contributed by atoms with van der Waals surface area (Å²) in [5.74, 6) is 2.83. The molecular weight excluding hydrogens is 428 g/mol. The SMILES string of the molecule is CC(=O)O[C@@H]1C[C@@H]2C[C@H](O)CC[C@]2(C)[C@H]2CC[C@]3(C)[C@@H]([C@H](C)CCC(=O)OC(C)C)CC[C@H]3[C@H]12. The molecule has 4 aliphatic rings. The van der Waals surface area contributed by atoms with Crippen LogP contribution in [0.15, 0.2) is 0 Å². The first-order valence-corrected chi connectivity index (χ1v) is 14.0. The van der Waals surface area contributed by atoms with Crippen molar-refractivity contribution in [3.8, 4) is 0 Å². The van der Waals surface area contributed by atoms with Gasteiger partial charge in [-0.15, -0.1) is 0 Å². The lowest BCUT2D eigenvalue weighted by Crippen LogP contribution is -2.59. The Hall–Kier alpha value is -1.10. The van der Waals surface area contributed by atoms with Crippen molar-refractivity contribution in [3.63, 3.8) is 0 Å². The Balaban J connectivity index is 1.54. The predicted molar refractivity (Wildman–Crippen MR) is 132 cm³/mol. The van der Waals surface area contributed by atoms with Crippen LogP contribution in [-0.4, -0.2) is 35.4 Å². The molecule has 0 aromatic rings. The van der Waals surface area contributed by atoms with Crippen molar-refractivity contribution >= 4 is 11.9 Å². The highest BCUT2D eigenvalue weighted by atomic mass is 16.5. The van der Waals surface area contributed by atoms with Crippen LogP contribution >= 0.6 is 0 Å². The van der Waals surface area contributed by atoms with Crippen molar-refractivity contribution in [2.45, 2.75) is 124 Å². The van der Waals surface area contributed by atoms with Crippen LogP contribution in [0.1, 0.15) is 106 Å². The molecule has 0 unspecified atom stereocenters. The molecule has 4 fully saturated rings. The molecule has 34 heavy (non-hydrogen) atoms. The minimum absolute atomic E-state index is 0.0226. The van der Waals surface area contributed by atoms with Crippen molar-refractivity contribution < 1.29 is 24.2 Å². The highest BCUT2D eigenvalue weighted by Crippen LogP contribution is 2.68. The maximum absolute atomic E-state index is 12.2. The number of rotatable bonds is 6. The summed E-state index contributed by atoms with van der Waals surface area (Å²) in [5, 5.41) is 10.4. The highest BCUT2D eigenvalue weighted by Gasteiger charge is 2.63. The van der Waals surface area contributed by atoms with E-state index in [0.29, 0.717) is 41.9 Å². The second-order valence-electron chi connectivity index (χ2n) is 13.1. The molecule has 1 N–H and O–H groups in total. The van der Waals surface area contributed by atoms with E-state index in [0.717, 1.165) is 32.1 Å². The van der Waals surface area contributed by atoms with Crippen LogP contribution < -0.4 is 0 Å². The Morgan fingerprint density at radius 2 is 1.65 bits per heavy atom. The van der Waals surface area contributed by atoms with Crippen LogP contribution in [0.25, 0.3) is 0 Å². The van der Waals surface area contributed by atoms with Gasteiger partial charge in [0.2, 0.25) is 0 Å². The van der Waals surface area contributed by atoms with Crippen LogP contribution in [-0.2, 0) is 19.1 Å². The molecule has 194 valence electrons. The highest BCUT2D eigenvalue weighted by molar-refractivity contribution is 5.69. The van der Waals surface area contributed by atoms with Gasteiger partial charge in [0.15, 0.2) is 0 Å². The minimum atomic E-state index is -0.208. The molecule has 0 heterocycles. The topological polar surface area (TPSA) is 72.8 Å². The van der Waals surface area contributed by atoms with Crippen molar-refractivity contribution in [2.75, 3.05) is 0 Å². The molecule has 5 heteroatoms. The van der Waals surface area contributed by atoms with Gasteiger partial charge >= 0.3 is 11.9 Å². The number of fused-ring (bicyclic) bond motifs is 5. The van der Waals surface area contributed by atoms with E-state index in [1.165, 1.54) is 25.7 Å². The Kier molecular flexibility index (Phi) is 7.45. The maximum Gasteiger partial charge on any atom is 0.306 e. The van der Waals surface area contributed by atoms with Gasteiger partial charge in [0.25, 0.3) is 0 Å². The molecule has 0 amide bonds. The van der Waals surface area contributed by atoms with Crippen molar-refractivity contribution in [3.05, 3.63) is 0 Å². The molecule has 0 spiro atoms. The lowest BCUT2D eigenvalue weighted by Gasteiger charge is -2.62. The monoisotopic (exact) mass is 476 g/mol. The number of aliphatic hydroxyl groups excluding tert-OH is 1. The lowest BCUT2D eigenvalue weighted by atomic mass is 9.43. The van der Waals surface area contributed by atoms with Crippen LogP contribution in [0.4, 0.5) is 0 Å². The molecular formula is C29H48O5. The van der Waals surface area contributed by atoms with E-state index >= 15 is 0 Å². The van der Waals surface area contributed by atoms with Gasteiger partial charge in [-0.2, -0.15) is 0 Å². The standard InChI is InChI=1S/C29H48O5/c1-17(2)33-26(32)10-7-18(3)22-8-9-23-27-24(12-14-29(22,23)6)28(5)13-11-21(31)15-20(28)16-25(27)34-19(4)30/h17-18,20-25,27,31H,7-16H2,1-6H3/t18-,20+,21-,22-,23+,24+,25-,27+,28+,29-/m1/s1. The average molecular weight is 477 g/mol. The van der Waals surface area contributed by atoms with Crippen LogP contribution in [0.3, 0.4) is 0 Å². The Labute approximate surface area is 206 Å². The number of esters is 2. The first kappa shape index (κ1) is 26.0. The maximum atomic E-state index is 12.2.